The van der Waals surface area contributed by atoms with Gasteiger partial charge in [-0.05, 0) is 32.9 Å². The topological polar surface area (TPSA) is 67.8 Å². The normalized spacial score (nSPS) is 11.3. The van der Waals surface area contributed by atoms with E-state index in [9.17, 15) is 9.59 Å². The molecule has 0 radical (unpaired) electrons. The number of fused-ring (bicyclic) bond motifs is 1. The van der Waals surface area contributed by atoms with Gasteiger partial charge in [0, 0.05) is 40.7 Å². The van der Waals surface area contributed by atoms with Gasteiger partial charge in [-0.3, -0.25) is 9.59 Å². The third-order valence-corrected chi connectivity index (χ3v) is 5.24. The molecule has 5 nitrogen and oxygen atoms in total. The second-order valence-electron chi connectivity index (χ2n) is 7.33. The lowest BCUT2D eigenvalue weighted by molar-refractivity contribution is 0.579. The fourth-order valence-corrected chi connectivity index (χ4v) is 3.60. The highest BCUT2D eigenvalue weighted by molar-refractivity contribution is 6.30. The Morgan fingerprint density at radius 1 is 1.07 bits per heavy atom. The second kappa shape index (κ2) is 7.33. The van der Waals surface area contributed by atoms with Gasteiger partial charge in [0.2, 0.25) is 0 Å². The molecule has 29 heavy (non-hydrogen) atoms. The molecule has 0 saturated heterocycles. The Bertz CT molecular complexity index is 1340. The van der Waals surface area contributed by atoms with Gasteiger partial charge in [-0.1, -0.05) is 41.9 Å². The summed E-state index contributed by atoms with van der Waals surface area (Å²) < 4.78 is 1.59. The van der Waals surface area contributed by atoms with Gasteiger partial charge in [-0.25, -0.2) is 4.98 Å². The molecule has 4 rings (SSSR count). The Morgan fingerprint density at radius 2 is 1.79 bits per heavy atom. The quantitative estimate of drug-likeness (QED) is 0.523. The Labute approximate surface area is 172 Å². The van der Waals surface area contributed by atoms with Gasteiger partial charge in [0.25, 0.3) is 5.56 Å². The average molecular weight is 406 g/mol. The number of pyridine rings is 3. The van der Waals surface area contributed by atoms with Crippen molar-refractivity contribution in [3.63, 3.8) is 0 Å². The van der Waals surface area contributed by atoms with E-state index in [1.54, 1.807) is 30.0 Å². The zero-order valence-corrected chi connectivity index (χ0v) is 17.1. The molecular formula is C23H20ClN3O2. The number of halogens is 1. The van der Waals surface area contributed by atoms with Crippen molar-refractivity contribution in [3.8, 4) is 22.4 Å². The molecule has 0 unspecified atom stereocenters. The summed E-state index contributed by atoms with van der Waals surface area (Å²) >= 11 is 6.26. The van der Waals surface area contributed by atoms with Gasteiger partial charge in [-0.15, -0.1) is 0 Å². The highest BCUT2D eigenvalue weighted by atomic mass is 35.5. The molecule has 1 N–H and O–H groups in total. The van der Waals surface area contributed by atoms with E-state index in [0.29, 0.717) is 22.3 Å². The van der Waals surface area contributed by atoms with E-state index in [1.165, 1.54) is 0 Å². The van der Waals surface area contributed by atoms with Crippen molar-refractivity contribution in [1.82, 2.24) is 14.5 Å². The number of rotatable bonds is 3. The molecule has 1 aromatic carbocycles. The first-order valence-corrected chi connectivity index (χ1v) is 9.75. The minimum absolute atomic E-state index is 0.0563. The zero-order chi connectivity index (χ0) is 20.7. The zero-order valence-electron chi connectivity index (χ0n) is 16.4. The molecule has 0 aliphatic carbocycles. The summed E-state index contributed by atoms with van der Waals surface area (Å²) in [7, 11) is 0. The van der Waals surface area contributed by atoms with Gasteiger partial charge < -0.3 is 9.55 Å². The lowest BCUT2D eigenvalue weighted by Gasteiger charge is -2.16. The molecule has 3 aromatic heterocycles. The summed E-state index contributed by atoms with van der Waals surface area (Å²) in [5.41, 5.74) is 3.92. The van der Waals surface area contributed by atoms with Gasteiger partial charge in [0.15, 0.2) is 5.43 Å². The summed E-state index contributed by atoms with van der Waals surface area (Å²) in [6.07, 6.45) is 3.44. The number of nitrogens with one attached hydrogen (secondary N) is 1. The maximum absolute atomic E-state index is 12.7. The second-order valence-corrected chi connectivity index (χ2v) is 7.74. The number of hydrogen-bond acceptors (Lipinski definition) is 3. The van der Waals surface area contributed by atoms with Crippen molar-refractivity contribution >= 4 is 22.6 Å². The third kappa shape index (κ3) is 3.38. The maximum atomic E-state index is 12.7. The van der Waals surface area contributed by atoms with E-state index < -0.39 is 0 Å². The minimum Gasteiger partial charge on any atom is -0.346 e. The van der Waals surface area contributed by atoms with Crippen LogP contribution in [0.2, 0.25) is 5.02 Å². The van der Waals surface area contributed by atoms with Gasteiger partial charge in [0.05, 0.1) is 11.1 Å². The maximum Gasteiger partial charge on any atom is 0.269 e. The van der Waals surface area contributed by atoms with Gasteiger partial charge in [0.1, 0.15) is 10.7 Å². The molecule has 4 aromatic rings. The van der Waals surface area contributed by atoms with Crippen LogP contribution in [-0.2, 0) is 0 Å². The molecular weight excluding hydrogens is 386 g/mol. The fourth-order valence-electron chi connectivity index (χ4n) is 3.39. The van der Waals surface area contributed by atoms with Crippen LogP contribution in [0.4, 0.5) is 0 Å². The Balaban J connectivity index is 2.11. The fraction of sp³-hybridized carbons (Fsp3) is 0.174. The summed E-state index contributed by atoms with van der Waals surface area (Å²) in [6.45, 7) is 5.61. The number of benzene rings is 1. The molecule has 0 amide bonds. The van der Waals surface area contributed by atoms with E-state index in [2.05, 4.69) is 4.98 Å². The van der Waals surface area contributed by atoms with Crippen molar-refractivity contribution in [2.45, 2.75) is 26.8 Å². The number of aryl methyl sites for hydroxylation is 1. The van der Waals surface area contributed by atoms with E-state index in [0.717, 1.165) is 16.7 Å². The number of H-pyrrole nitrogens is 1. The third-order valence-electron chi connectivity index (χ3n) is 4.96. The van der Waals surface area contributed by atoms with E-state index in [1.807, 2.05) is 50.2 Å². The molecule has 0 aliphatic rings. The standard InChI is InChI=1S/C23H20ClN3O2/c1-13(2)27-12-16(9-19(24)23(27)29)17-10-18-21(28)14(3)11-25-22(18)26-20(17)15-7-5-4-6-8-15/h4-13H,1-3H3,(H,25,26,28). The first-order chi connectivity index (χ1) is 13.9. The summed E-state index contributed by atoms with van der Waals surface area (Å²) in [5, 5.41) is 0.631. The molecule has 0 saturated carbocycles. The minimum atomic E-state index is -0.242. The Kier molecular flexibility index (Phi) is 4.84. The first kappa shape index (κ1) is 19.2. The highest BCUT2D eigenvalue weighted by Crippen LogP contribution is 2.33. The molecule has 3 heterocycles. The molecule has 0 fully saturated rings. The number of aromatic amines is 1. The number of nitrogens with zero attached hydrogens (tertiary/aromatic N) is 2. The molecule has 0 atom stereocenters. The average Bonchev–Trinajstić information content (AvgIpc) is 2.72. The lowest BCUT2D eigenvalue weighted by Crippen LogP contribution is -2.21. The van der Waals surface area contributed by atoms with Crippen molar-refractivity contribution < 1.29 is 0 Å². The highest BCUT2D eigenvalue weighted by Gasteiger charge is 2.16. The van der Waals surface area contributed by atoms with E-state index in [4.69, 9.17) is 16.6 Å². The van der Waals surface area contributed by atoms with Crippen molar-refractivity contribution in [3.05, 3.63) is 86.0 Å². The number of hydrogen-bond donors (Lipinski definition) is 1. The Morgan fingerprint density at radius 3 is 2.48 bits per heavy atom. The molecule has 0 bridgehead atoms. The molecule has 146 valence electrons. The predicted molar refractivity (Wildman–Crippen MR) is 118 cm³/mol. The summed E-state index contributed by atoms with van der Waals surface area (Å²) in [5.74, 6) is 0. The van der Waals surface area contributed by atoms with Crippen LogP contribution in [0.3, 0.4) is 0 Å². The predicted octanol–water partition coefficient (Wildman–Crippen LogP) is 4.96. The summed E-state index contributed by atoms with van der Waals surface area (Å²) in [4.78, 5) is 33.0. The van der Waals surface area contributed by atoms with Crippen LogP contribution in [0, 0.1) is 6.92 Å². The van der Waals surface area contributed by atoms with Gasteiger partial charge >= 0.3 is 0 Å². The van der Waals surface area contributed by atoms with Crippen LogP contribution >= 0.6 is 11.6 Å². The van der Waals surface area contributed by atoms with Gasteiger partial charge in [-0.2, -0.15) is 0 Å². The molecule has 0 aliphatic heterocycles. The van der Waals surface area contributed by atoms with Crippen LogP contribution in [0.15, 0.2) is 64.4 Å². The van der Waals surface area contributed by atoms with Crippen LogP contribution in [0.25, 0.3) is 33.4 Å². The first-order valence-electron chi connectivity index (χ1n) is 9.37. The van der Waals surface area contributed by atoms with Crippen LogP contribution in [0.1, 0.15) is 25.5 Å². The largest absolute Gasteiger partial charge is 0.346 e. The number of aromatic nitrogens is 3. The molecule has 6 heteroatoms. The lowest BCUT2D eigenvalue weighted by atomic mass is 9.98. The van der Waals surface area contributed by atoms with Crippen molar-refractivity contribution in [2.24, 2.45) is 0 Å². The molecule has 0 spiro atoms. The van der Waals surface area contributed by atoms with Crippen LogP contribution in [0.5, 0.6) is 0 Å². The Hall–Kier alpha value is -3.18. The SMILES string of the molecule is Cc1c[nH]c2nc(-c3ccccc3)c(-c3cc(Cl)c(=O)n(C(C)C)c3)cc2c1=O. The van der Waals surface area contributed by atoms with Crippen LogP contribution < -0.4 is 11.0 Å². The van der Waals surface area contributed by atoms with E-state index in [-0.39, 0.29) is 22.1 Å². The summed E-state index contributed by atoms with van der Waals surface area (Å²) in [6, 6.07) is 13.1. The smallest absolute Gasteiger partial charge is 0.269 e. The van der Waals surface area contributed by atoms with Crippen molar-refractivity contribution in [1.29, 1.82) is 0 Å². The van der Waals surface area contributed by atoms with Crippen LogP contribution in [-0.4, -0.2) is 14.5 Å². The monoisotopic (exact) mass is 405 g/mol. The van der Waals surface area contributed by atoms with E-state index >= 15 is 0 Å². The van der Waals surface area contributed by atoms with Crippen molar-refractivity contribution in [2.75, 3.05) is 0 Å².